The molecule has 0 radical (unpaired) electrons. The van der Waals surface area contributed by atoms with Gasteiger partial charge in [0.15, 0.2) is 0 Å². The SMILES string of the molecule is c1cnc(OC2CCCCO2)nc1. The van der Waals surface area contributed by atoms with Crippen LogP contribution in [-0.2, 0) is 4.74 Å². The Kier molecular flexibility index (Phi) is 2.72. The molecule has 1 fully saturated rings. The first-order valence-corrected chi connectivity index (χ1v) is 4.50. The molecule has 0 aromatic carbocycles. The van der Waals surface area contributed by atoms with E-state index in [1.807, 2.05) is 0 Å². The fourth-order valence-electron chi connectivity index (χ4n) is 1.27. The van der Waals surface area contributed by atoms with E-state index in [-0.39, 0.29) is 6.29 Å². The molecule has 0 saturated carbocycles. The molecule has 1 unspecified atom stereocenters. The summed E-state index contributed by atoms with van der Waals surface area (Å²) in [4.78, 5) is 7.92. The monoisotopic (exact) mass is 180 g/mol. The maximum Gasteiger partial charge on any atom is 0.318 e. The van der Waals surface area contributed by atoms with E-state index in [4.69, 9.17) is 9.47 Å². The fraction of sp³-hybridized carbons (Fsp3) is 0.556. The molecule has 1 atom stereocenters. The molecule has 0 N–H and O–H groups in total. The van der Waals surface area contributed by atoms with Crippen LogP contribution in [0, 0.1) is 0 Å². The molecule has 2 rings (SSSR count). The molecule has 1 saturated heterocycles. The van der Waals surface area contributed by atoms with Gasteiger partial charge in [0.1, 0.15) is 0 Å². The predicted octanol–water partition coefficient (Wildman–Crippen LogP) is 1.38. The number of ether oxygens (including phenoxy) is 2. The fourth-order valence-corrected chi connectivity index (χ4v) is 1.27. The van der Waals surface area contributed by atoms with Crippen LogP contribution in [0.3, 0.4) is 0 Å². The molecule has 0 bridgehead atoms. The van der Waals surface area contributed by atoms with E-state index in [0.717, 1.165) is 25.9 Å². The van der Waals surface area contributed by atoms with Crippen LogP contribution in [0.2, 0.25) is 0 Å². The second-order valence-corrected chi connectivity index (χ2v) is 2.95. The Balaban J connectivity index is 1.90. The average Bonchev–Trinajstić information content (AvgIpc) is 2.21. The van der Waals surface area contributed by atoms with Crippen molar-refractivity contribution < 1.29 is 9.47 Å². The highest BCUT2D eigenvalue weighted by atomic mass is 16.7. The Morgan fingerprint density at radius 3 is 2.85 bits per heavy atom. The topological polar surface area (TPSA) is 44.2 Å². The van der Waals surface area contributed by atoms with Gasteiger partial charge in [0.2, 0.25) is 6.29 Å². The Labute approximate surface area is 76.9 Å². The van der Waals surface area contributed by atoms with Crippen LogP contribution >= 0.6 is 0 Å². The number of nitrogens with zero attached hydrogens (tertiary/aromatic N) is 2. The standard InChI is InChI=1S/C9H12N2O2/c1-2-7-12-8(4-1)13-9-10-5-3-6-11-9/h3,5-6,8H,1-2,4,7H2. The summed E-state index contributed by atoms with van der Waals surface area (Å²) >= 11 is 0. The first-order valence-electron chi connectivity index (χ1n) is 4.50. The molecule has 1 aliphatic heterocycles. The minimum absolute atomic E-state index is 0.156. The highest BCUT2D eigenvalue weighted by Crippen LogP contribution is 2.14. The van der Waals surface area contributed by atoms with Crippen LogP contribution in [0.5, 0.6) is 6.01 Å². The smallest absolute Gasteiger partial charge is 0.318 e. The van der Waals surface area contributed by atoms with Crippen LogP contribution in [0.15, 0.2) is 18.5 Å². The lowest BCUT2D eigenvalue weighted by atomic mass is 10.2. The van der Waals surface area contributed by atoms with E-state index in [9.17, 15) is 0 Å². The van der Waals surface area contributed by atoms with Crippen LogP contribution in [0.4, 0.5) is 0 Å². The van der Waals surface area contributed by atoms with E-state index < -0.39 is 0 Å². The highest BCUT2D eigenvalue weighted by Gasteiger charge is 2.15. The third kappa shape index (κ3) is 2.39. The summed E-state index contributed by atoms with van der Waals surface area (Å²) in [6, 6.07) is 2.16. The predicted molar refractivity (Wildman–Crippen MR) is 46.3 cm³/mol. The Bertz CT molecular complexity index is 247. The molecule has 0 aliphatic carbocycles. The number of aromatic nitrogens is 2. The van der Waals surface area contributed by atoms with Crippen molar-refractivity contribution in [3.63, 3.8) is 0 Å². The second-order valence-electron chi connectivity index (χ2n) is 2.95. The zero-order valence-corrected chi connectivity index (χ0v) is 7.35. The van der Waals surface area contributed by atoms with Gasteiger partial charge in [-0.3, -0.25) is 0 Å². The summed E-state index contributed by atoms with van der Waals surface area (Å²) < 4.78 is 10.8. The zero-order chi connectivity index (χ0) is 8.93. The lowest BCUT2D eigenvalue weighted by molar-refractivity contribution is -0.109. The average molecular weight is 180 g/mol. The van der Waals surface area contributed by atoms with Crippen molar-refractivity contribution in [3.05, 3.63) is 18.5 Å². The van der Waals surface area contributed by atoms with E-state index in [0.29, 0.717) is 6.01 Å². The van der Waals surface area contributed by atoms with Gasteiger partial charge >= 0.3 is 6.01 Å². The van der Waals surface area contributed by atoms with Gasteiger partial charge in [0, 0.05) is 18.8 Å². The van der Waals surface area contributed by atoms with Gasteiger partial charge < -0.3 is 9.47 Å². The Morgan fingerprint density at radius 1 is 1.31 bits per heavy atom. The molecule has 1 aliphatic rings. The van der Waals surface area contributed by atoms with E-state index in [2.05, 4.69) is 9.97 Å². The van der Waals surface area contributed by atoms with Crippen molar-refractivity contribution >= 4 is 0 Å². The van der Waals surface area contributed by atoms with Gasteiger partial charge in [-0.15, -0.1) is 0 Å². The van der Waals surface area contributed by atoms with Gasteiger partial charge in [-0.25, -0.2) is 9.97 Å². The zero-order valence-electron chi connectivity index (χ0n) is 7.35. The molecular formula is C9H12N2O2. The van der Waals surface area contributed by atoms with E-state index >= 15 is 0 Å². The summed E-state index contributed by atoms with van der Waals surface area (Å²) in [7, 11) is 0. The maximum absolute atomic E-state index is 5.41. The van der Waals surface area contributed by atoms with Crippen LogP contribution < -0.4 is 4.74 Å². The van der Waals surface area contributed by atoms with Gasteiger partial charge in [-0.1, -0.05) is 0 Å². The third-order valence-electron chi connectivity index (χ3n) is 1.92. The van der Waals surface area contributed by atoms with E-state index in [1.54, 1.807) is 18.5 Å². The van der Waals surface area contributed by atoms with Gasteiger partial charge in [0.25, 0.3) is 0 Å². The Morgan fingerprint density at radius 2 is 2.15 bits per heavy atom. The highest BCUT2D eigenvalue weighted by molar-refractivity contribution is 4.93. The van der Waals surface area contributed by atoms with Gasteiger partial charge in [0.05, 0.1) is 6.61 Å². The summed E-state index contributed by atoms with van der Waals surface area (Å²) in [6.45, 7) is 0.775. The summed E-state index contributed by atoms with van der Waals surface area (Å²) in [5, 5.41) is 0. The molecule has 0 spiro atoms. The largest absolute Gasteiger partial charge is 0.434 e. The normalized spacial score (nSPS) is 22.6. The first-order chi connectivity index (χ1) is 6.45. The molecule has 13 heavy (non-hydrogen) atoms. The first kappa shape index (κ1) is 8.44. The summed E-state index contributed by atoms with van der Waals surface area (Å²) in [5.74, 6) is 0. The molecular weight excluding hydrogens is 168 g/mol. The van der Waals surface area contributed by atoms with Crippen LogP contribution in [-0.4, -0.2) is 22.9 Å². The number of rotatable bonds is 2. The quantitative estimate of drug-likeness (QED) is 0.689. The number of hydrogen-bond acceptors (Lipinski definition) is 4. The molecule has 0 amide bonds. The number of hydrogen-bond donors (Lipinski definition) is 0. The lowest BCUT2D eigenvalue weighted by Crippen LogP contribution is -2.25. The third-order valence-corrected chi connectivity index (χ3v) is 1.92. The summed E-state index contributed by atoms with van der Waals surface area (Å²) in [5.41, 5.74) is 0. The van der Waals surface area contributed by atoms with Gasteiger partial charge in [-0.05, 0) is 18.9 Å². The minimum Gasteiger partial charge on any atom is -0.434 e. The van der Waals surface area contributed by atoms with Crippen molar-refractivity contribution in [2.45, 2.75) is 25.6 Å². The molecule has 4 heteroatoms. The van der Waals surface area contributed by atoms with Crippen molar-refractivity contribution in [1.29, 1.82) is 0 Å². The molecule has 1 aromatic rings. The molecule has 1 aromatic heterocycles. The van der Waals surface area contributed by atoms with Crippen molar-refractivity contribution in [2.24, 2.45) is 0 Å². The molecule has 4 nitrogen and oxygen atoms in total. The van der Waals surface area contributed by atoms with Crippen LogP contribution in [0.25, 0.3) is 0 Å². The summed E-state index contributed by atoms with van der Waals surface area (Å²) in [6.07, 6.45) is 6.36. The molecule has 70 valence electrons. The Hall–Kier alpha value is -1.16. The van der Waals surface area contributed by atoms with Crippen molar-refractivity contribution in [3.8, 4) is 6.01 Å². The molecule has 2 heterocycles. The maximum atomic E-state index is 5.41. The van der Waals surface area contributed by atoms with Gasteiger partial charge in [-0.2, -0.15) is 0 Å². The lowest BCUT2D eigenvalue weighted by Gasteiger charge is -2.21. The second kappa shape index (κ2) is 4.18. The van der Waals surface area contributed by atoms with Crippen molar-refractivity contribution in [2.75, 3.05) is 6.61 Å². The van der Waals surface area contributed by atoms with Crippen molar-refractivity contribution in [1.82, 2.24) is 9.97 Å². The minimum atomic E-state index is -0.156. The van der Waals surface area contributed by atoms with E-state index in [1.165, 1.54) is 0 Å². The van der Waals surface area contributed by atoms with Crippen LogP contribution in [0.1, 0.15) is 19.3 Å².